The lowest BCUT2D eigenvalue weighted by Gasteiger charge is -2.31. The zero-order chi connectivity index (χ0) is 34.1. The van der Waals surface area contributed by atoms with Crippen LogP contribution in [0.3, 0.4) is 0 Å². The molecule has 0 bridgehead atoms. The molecule has 1 saturated heterocycles. The van der Waals surface area contributed by atoms with Gasteiger partial charge in [0.2, 0.25) is 5.91 Å². The number of benzene rings is 2. The molecule has 2 aromatic rings. The molecule has 0 saturated carbocycles. The van der Waals surface area contributed by atoms with Gasteiger partial charge in [-0.25, -0.2) is 10.3 Å². The first-order chi connectivity index (χ1) is 21.6. The molecular weight excluding hydrogens is 616 g/mol. The third-order valence-corrected chi connectivity index (χ3v) is 7.10. The number of hydroxylamine groups is 1. The van der Waals surface area contributed by atoms with Gasteiger partial charge < -0.3 is 10.1 Å². The lowest BCUT2D eigenvalue weighted by molar-refractivity contribution is -0.143. The van der Waals surface area contributed by atoms with Gasteiger partial charge in [-0.2, -0.15) is 26.3 Å². The number of hydrogen-bond donors (Lipinski definition) is 3. The Bertz CT molecular complexity index is 1480. The molecule has 1 aliphatic heterocycles. The third kappa shape index (κ3) is 10.3. The van der Waals surface area contributed by atoms with Gasteiger partial charge >= 0.3 is 18.4 Å². The highest BCUT2D eigenvalue weighted by Gasteiger charge is 2.37. The van der Waals surface area contributed by atoms with E-state index in [1.807, 2.05) is 44.2 Å². The highest BCUT2D eigenvalue weighted by Crippen LogP contribution is 2.38. The molecular formula is C33H35F6N3O4. The first-order valence-electron chi connectivity index (χ1n) is 14.4. The highest BCUT2D eigenvalue weighted by molar-refractivity contribution is 5.91. The number of aryl methyl sites for hydroxylation is 1. The predicted molar refractivity (Wildman–Crippen MR) is 161 cm³/mol. The van der Waals surface area contributed by atoms with Crippen LogP contribution in [0.1, 0.15) is 61.8 Å². The zero-order valence-corrected chi connectivity index (χ0v) is 25.3. The van der Waals surface area contributed by atoms with Gasteiger partial charge in [-0.15, -0.1) is 0 Å². The summed E-state index contributed by atoms with van der Waals surface area (Å²) >= 11 is 0. The summed E-state index contributed by atoms with van der Waals surface area (Å²) in [5.74, 6) is -0.351. The number of halogens is 6. The summed E-state index contributed by atoms with van der Waals surface area (Å²) in [4.78, 5) is 25.7. The number of hydrogen-bond acceptors (Lipinski definition) is 4. The van der Waals surface area contributed by atoms with Crippen molar-refractivity contribution >= 4 is 23.2 Å². The fourth-order valence-corrected chi connectivity index (χ4v) is 4.72. The van der Waals surface area contributed by atoms with Crippen LogP contribution in [0.2, 0.25) is 0 Å². The Hall–Kier alpha value is -4.52. The summed E-state index contributed by atoms with van der Waals surface area (Å²) in [5.41, 5.74) is 1.76. The van der Waals surface area contributed by atoms with E-state index in [0.29, 0.717) is 18.6 Å². The molecule has 3 N–H and O–H groups in total. The smallest absolute Gasteiger partial charge is 0.416 e. The summed E-state index contributed by atoms with van der Waals surface area (Å²) in [6.45, 7) is 7.62. The molecule has 46 heavy (non-hydrogen) atoms. The molecule has 7 nitrogen and oxygen atoms in total. The van der Waals surface area contributed by atoms with Crippen molar-refractivity contribution < 1.29 is 45.9 Å². The van der Waals surface area contributed by atoms with Crippen LogP contribution < -0.4 is 10.8 Å². The minimum Gasteiger partial charge on any atom is -0.490 e. The average molecular weight is 652 g/mol. The molecule has 3 amide bonds. The zero-order valence-electron chi connectivity index (χ0n) is 25.3. The van der Waals surface area contributed by atoms with Crippen LogP contribution in [0.25, 0.3) is 5.57 Å². The maximum absolute atomic E-state index is 13.3. The van der Waals surface area contributed by atoms with E-state index in [1.54, 1.807) is 17.6 Å². The molecule has 248 valence electrons. The van der Waals surface area contributed by atoms with Crippen LogP contribution >= 0.6 is 0 Å². The normalized spacial score (nSPS) is 15.5. The molecule has 0 unspecified atom stereocenters. The van der Waals surface area contributed by atoms with E-state index in [4.69, 9.17) is 9.94 Å². The Morgan fingerprint density at radius 1 is 1.04 bits per heavy atom. The van der Waals surface area contributed by atoms with Gasteiger partial charge in [0.25, 0.3) is 0 Å². The summed E-state index contributed by atoms with van der Waals surface area (Å²) < 4.78 is 85.1. The van der Waals surface area contributed by atoms with E-state index in [2.05, 4.69) is 11.9 Å². The van der Waals surface area contributed by atoms with E-state index in [-0.39, 0.29) is 37.1 Å². The molecule has 3 rings (SSSR count). The molecule has 0 atom stereocenters. The number of urea groups is 1. The number of allylic oxidation sites excluding steroid dienone is 4. The lowest BCUT2D eigenvalue weighted by Crippen LogP contribution is -2.40. The first kappa shape index (κ1) is 36.0. The molecule has 13 heteroatoms. The molecule has 0 aliphatic carbocycles. The van der Waals surface area contributed by atoms with Crippen molar-refractivity contribution in [2.75, 3.05) is 18.5 Å². The minimum atomic E-state index is -5.06. The maximum atomic E-state index is 13.3. The third-order valence-electron chi connectivity index (χ3n) is 7.10. The van der Waals surface area contributed by atoms with Crippen LogP contribution in [-0.4, -0.2) is 35.2 Å². The van der Waals surface area contributed by atoms with E-state index in [0.717, 1.165) is 46.4 Å². The SMILES string of the molecule is C=C1OCCN(C(=O)Nc2cc(C(F)(F)F)cc(C(F)(F)F)c2)C1=CC=C(C)c1ccc(CC/C=C(\CCC)CC(=O)NO)cc1. The van der Waals surface area contributed by atoms with Gasteiger partial charge in [0.15, 0.2) is 0 Å². The van der Waals surface area contributed by atoms with Crippen molar-refractivity contribution in [3.8, 4) is 0 Å². The molecule has 1 heterocycles. The summed E-state index contributed by atoms with van der Waals surface area (Å²) in [6.07, 6.45) is -1.65. The Morgan fingerprint density at radius 3 is 2.24 bits per heavy atom. The number of alkyl halides is 6. The Balaban J connectivity index is 1.75. The molecule has 2 aromatic carbocycles. The van der Waals surface area contributed by atoms with Crippen molar-refractivity contribution in [1.82, 2.24) is 10.4 Å². The number of carbonyl (C=O) groups excluding carboxylic acids is 2. The largest absolute Gasteiger partial charge is 0.490 e. The number of rotatable bonds is 10. The second-order valence-corrected chi connectivity index (χ2v) is 10.6. The van der Waals surface area contributed by atoms with E-state index < -0.39 is 41.1 Å². The van der Waals surface area contributed by atoms with Crippen molar-refractivity contribution in [2.24, 2.45) is 0 Å². The fraction of sp³-hybridized carbons (Fsp3) is 0.333. The van der Waals surface area contributed by atoms with Crippen molar-refractivity contribution in [3.05, 3.63) is 107 Å². The molecule has 1 fully saturated rings. The van der Waals surface area contributed by atoms with Crippen LogP contribution in [0.15, 0.2) is 84.3 Å². The van der Waals surface area contributed by atoms with Crippen LogP contribution in [0.4, 0.5) is 36.8 Å². The Labute approximate surface area is 262 Å². The number of carbonyl (C=O) groups is 2. The summed E-state index contributed by atoms with van der Waals surface area (Å²) in [6, 6.07) is 7.66. The fourth-order valence-electron chi connectivity index (χ4n) is 4.72. The maximum Gasteiger partial charge on any atom is 0.416 e. The second-order valence-electron chi connectivity index (χ2n) is 10.6. The lowest BCUT2D eigenvalue weighted by atomic mass is 10.0. The standard InChI is InChI=1S/C33H35F6N3O4/c1-4-6-24(17-30(43)41-45)8-5-7-23-10-12-25(13-11-23)21(2)9-14-29-22(3)46-16-15-42(29)31(44)40-28-19-26(32(34,35)36)18-27(20-28)33(37,38)39/h8-14,18-20,45H,3-7,15-17H2,1-2H3,(H,40,44)(H,41,43)/b21-9?,24-8+,29-14?. The van der Waals surface area contributed by atoms with Gasteiger partial charge in [0, 0.05) is 12.1 Å². The number of amides is 3. The van der Waals surface area contributed by atoms with Crippen molar-refractivity contribution in [2.45, 2.75) is 58.3 Å². The molecule has 0 radical (unpaired) electrons. The number of nitrogens with zero attached hydrogens (tertiary/aromatic N) is 1. The highest BCUT2D eigenvalue weighted by atomic mass is 19.4. The Morgan fingerprint density at radius 2 is 1.67 bits per heavy atom. The molecule has 1 aliphatic rings. The number of anilines is 1. The average Bonchev–Trinajstić information content (AvgIpc) is 2.99. The first-order valence-corrected chi connectivity index (χ1v) is 14.4. The van der Waals surface area contributed by atoms with Crippen molar-refractivity contribution in [3.63, 3.8) is 0 Å². The van der Waals surface area contributed by atoms with Crippen LogP contribution in [-0.2, 0) is 28.3 Å². The predicted octanol–water partition coefficient (Wildman–Crippen LogP) is 8.64. The van der Waals surface area contributed by atoms with Crippen molar-refractivity contribution in [1.29, 1.82) is 0 Å². The minimum absolute atomic E-state index is 0.0137. The van der Waals surface area contributed by atoms with E-state index in [1.165, 1.54) is 0 Å². The van der Waals surface area contributed by atoms with Gasteiger partial charge in [-0.1, -0.05) is 61.9 Å². The number of ether oxygens (including phenoxy) is 1. The monoisotopic (exact) mass is 651 g/mol. The van der Waals surface area contributed by atoms with Crippen LogP contribution in [0.5, 0.6) is 0 Å². The van der Waals surface area contributed by atoms with Gasteiger partial charge in [0.05, 0.1) is 23.4 Å². The number of morpholine rings is 1. The van der Waals surface area contributed by atoms with Gasteiger partial charge in [-0.3, -0.25) is 14.9 Å². The topological polar surface area (TPSA) is 90.9 Å². The van der Waals surface area contributed by atoms with Gasteiger partial charge in [-0.05, 0) is 67.2 Å². The van der Waals surface area contributed by atoms with E-state index in [9.17, 15) is 35.9 Å². The molecule has 0 spiro atoms. The second kappa shape index (κ2) is 15.7. The molecule has 0 aromatic heterocycles. The Kier molecular flexibility index (Phi) is 12.2. The quantitative estimate of drug-likeness (QED) is 0.104. The van der Waals surface area contributed by atoms with Crippen LogP contribution in [0, 0.1) is 0 Å². The van der Waals surface area contributed by atoms with E-state index >= 15 is 0 Å². The van der Waals surface area contributed by atoms with Gasteiger partial charge in [0.1, 0.15) is 12.4 Å². The summed E-state index contributed by atoms with van der Waals surface area (Å²) in [5, 5.41) is 10.9. The summed E-state index contributed by atoms with van der Waals surface area (Å²) in [7, 11) is 0. The number of nitrogens with one attached hydrogen (secondary N) is 2.